The molecule has 17 heavy (non-hydrogen) atoms. The summed E-state index contributed by atoms with van der Waals surface area (Å²) >= 11 is 6.03. The topological polar surface area (TPSA) is 43.6 Å². The van der Waals surface area contributed by atoms with Crippen LogP contribution in [0, 0.1) is 0 Å². The summed E-state index contributed by atoms with van der Waals surface area (Å²) in [5.74, 6) is 0.891. The van der Waals surface area contributed by atoms with Gasteiger partial charge < -0.3 is 0 Å². The second kappa shape index (κ2) is 5.27. The van der Waals surface area contributed by atoms with E-state index in [4.69, 9.17) is 11.6 Å². The minimum absolute atomic E-state index is 0.426. The standard InChI is InChI=1S/C12H15ClN4/c1-3-9-6-5-7-14-10(9)8-17-11(4-2)15-16-12(17)13/h5-7H,3-4,8H2,1-2H3. The second-order valence-corrected chi connectivity index (χ2v) is 4.13. The van der Waals surface area contributed by atoms with Crippen molar-refractivity contribution >= 4 is 11.6 Å². The van der Waals surface area contributed by atoms with Crippen molar-refractivity contribution in [2.45, 2.75) is 33.2 Å². The number of nitrogens with zero attached hydrogens (tertiary/aromatic N) is 4. The van der Waals surface area contributed by atoms with Gasteiger partial charge in [0.15, 0.2) is 0 Å². The van der Waals surface area contributed by atoms with E-state index in [1.807, 2.05) is 17.6 Å². The molecule has 0 amide bonds. The molecule has 2 heterocycles. The Morgan fingerprint density at radius 2 is 2.06 bits per heavy atom. The van der Waals surface area contributed by atoms with Crippen LogP contribution >= 0.6 is 11.6 Å². The Kier molecular flexibility index (Phi) is 3.74. The van der Waals surface area contributed by atoms with E-state index in [-0.39, 0.29) is 0 Å². The first kappa shape index (κ1) is 12.0. The van der Waals surface area contributed by atoms with E-state index in [0.717, 1.165) is 24.4 Å². The van der Waals surface area contributed by atoms with Gasteiger partial charge in [0.05, 0.1) is 12.2 Å². The molecule has 2 aromatic heterocycles. The van der Waals surface area contributed by atoms with Crippen molar-refractivity contribution in [3.05, 3.63) is 40.7 Å². The third-order valence-electron chi connectivity index (χ3n) is 2.77. The van der Waals surface area contributed by atoms with Gasteiger partial charge in [0, 0.05) is 12.6 Å². The summed E-state index contributed by atoms with van der Waals surface area (Å²) in [5.41, 5.74) is 2.27. The fourth-order valence-electron chi connectivity index (χ4n) is 1.82. The third kappa shape index (κ3) is 2.47. The minimum Gasteiger partial charge on any atom is -0.296 e. The third-order valence-corrected chi connectivity index (χ3v) is 3.05. The zero-order valence-electron chi connectivity index (χ0n) is 10.0. The molecular weight excluding hydrogens is 236 g/mol. The molecule has 90 valence electrons. The van der Waals surface area contributed by atoms with Gasteiger partial charge in [-0.3, -0.25) is 9.55 Å². The molecule has 0 spiro atoms. The van der Waals surface area contributed by atoms with Gasteiger partial charge >= 0.3 is 0 Å². The molecule has 0 atom stereocenters. The Labute approximate surface area is 106 Å². The van der Waals surface area contributed by atoms with Crippen LogP contribution in [0.3, 0.4) is 0 Å². The lowest BCUT2D eigenvalue weighted by Crippen LogP contribution is -2.08. The van der Waals surface area contributed by atoms with Crippen LogP contribution in [0.15, 0.2) is 18.3 Å². The summed E-state index contributed by atoms with van der Waals surface area (Å²) in [6.07, 6.45) is 3.58. The van der Waals surface area contributed by atoms with Crippen LogP contribution in [-0.4, -0.2) is 19.7 Å². The zero-order valence-corrected chi connectivity index (χ0v) is 10.8. The Hall–Kier alpha value is -1.42. The molecule has 0 aromatic carbocycles. The lowest BCUT2D eigenvalue weighted by atomic mass is 10.1. The van der Waals surface area contributed by atoms with E-state index >= 15 is 0 Å². The highest BCUT2D eigenvalue weighted by Crippen LogP contribution is 2.14. The fraction of sp³-hybridized carbons (Fsp3) is 0.417. The number of aromatic nitrogens is 4. The molecule has 0 N–H and O–H groups in total. The largest absolute Gasteiger partial charge is 0.296 e. The van der Waals surface area contributed by atoms with Crippen molar-refractivity contribution in [1.82, 2.24) is 19.7 Å². The molecule has 0 radical (unpaired) electrons. The predicted molar refractivity (Wildman–Crippen MR) is 67.1 cm³/mol. The quantitative estimate of drug-likeness (QED) is 0.838. The lowest BCUT2D eigenvalue weighted by Gasteiger charge is -2.09. The summed E-state index contributed by atoms with van der Waals surface area (Å²) in [4.78, 5) is 4.41. The summed E-state index contributed by atoms with van der Waals surface area (Å²) in [6.45, 7) is 4.80. The molecule has 0 saturated carbocycles. The summed E-state index contributed by atoms with van der Waals surface area (Å²) in [5, 5.41) is 8.35. The van der Waals surface area contributed by atoms with Gasteiger partial charge in [0.25, 0.3) is 0 Å². The van der Waals surface area contributed by atoms with E-state index in [0.29, 0.717) is 11.8 Å². The first-order chi connectivity index (χ1) is 8.26. The number of halogens is 1. The number of aryl methyl sites for hydroxylation is 2. The van der Waals surface area contributed by atoms with Crippen molar-refractivity contribution in [2.75, 3.05) is 0 Å². The molecule has 2 aromatic rings. The molecular formula is C12H15ClN4. The maximum absolute atomic E-state index is 6.03. The van der Waals surface area contributed by atoms with Crippen molar-refractivity contribution in [1.29, 1.82) is 0 Å². The molecule has 0 aliphatic rings. The zero-order chi connectivity index (χ0) is 12.3. The van der Waals surface area contributed by atoms with Gasteiger partial charge in [-0.05, 0) is 29.7 Å². The van der Waals surface area contributed by atoms with Gasteiger partial charge in [0.2, 0.25) is 5.28 Å². The van der Waals surface area contributed by atoms with Gasteiger partial charge in [-0.25, -0.2) is 0 Å². The highest BCUT2D eigenvalue weighted by molar-refractivity contribution is 6.28. The van der Waals surface area contributed by atoms with Gasteiger partial charge in [-0.2, -0.15) is 0 Å². The summed E-state index contributed by atoms with van der Waals surface area (Å²) < 4.78 is 1.91. The number of hydrogen-bond donors (Lipinski definition) is 0. The maximum Gasteiger partial charge on any atom is 0.225 e. The molecule has 5 heteroatoms. The molecule has 4 nitrogen and oxygen atoms in total. The Bertz CT molecular complexity index is 507. The highest BCUT2D eigenvalue weighted by atomic mass is 35.5. The average Bonchev–Trinajstić information content (AvgIpc) is 2.71. The Morgan fingerprint density at radius 3 is 2.76 bits per heavy atom. The van der Waals surface area contributed by atoms with E-state index < -0.39 is 0 Å². The van der Waals surface area contributed by atoms with Crippen LogP contribution in [0.25, 0.3) is 0 Å². The lowest BCUT2D eigenvalue weighted by molar-refractivity contribution is 0.709. The van der Waals surface area contributed by atoms with E-state index in [2.05, 4.69) is 28.2 Å². The average molecular weight is 251 g/mol. The second-order valence-electron chi connectivity index (χ2n) is 3.79. The number of pyridine rings is 1. The normalized spacial score (nSPS) is 10.8. The highest BCUT2D eigenvalue weighted by Gasteiger charge is 2.11. The molecule has 0 aliphatic carbocycles. The first-order valence-electron chi connectivity index (χ1n) is 5.76. The van der Waals surface area contributed by atoms with Crippen LogP contribution in [-0.2, 0) is 19.4 Å². The SMILES string of the molecule is CCc1cccnc1Cn1c(Cl)nnc1CC. The molecule has 0 aliphatic heterocycles. The maximum atomic E-state index is 6.03. The molecule has 0 saturated heterocycles. The summed E-state index contributed by atoms with van der Waals surface area (Å²) in [6, 6.07) is 4.04. The number of hydrogen-bond acceptors (Lipinski definition) is 3. The smallest absolute Gasteiger partial charge is 0.225 e. The van der Waals surface area contributed by atoms with Crippen molar-refractivity contribution in [2.24, 2.45) is 0 Å². The Balaban J connectivity index is 2.34. The van der Waals surface area contributed by atoms with Crippen LogP contribution in [0.4, 0.5) is 0 Å². The molecule has 0 bridgehead atoms. The molecule has 0 fully saturated rings. The minimum atomic E-state index is 0.426. The Morgan fingerprint density at radius 1 is 1.24 bits per heavy atom. The van der Waals surface area contributed by atoms with E-state index in [9.17, 15) is 0 Å². The van der Waals surface area contributed by atoms with Crippen LogP contribution < -0.4 is 0 Å². The molecule has 0 unspecified atom stereocenters. The van der Waals surface area contributed by atoms with E-state index in [1.165, 1.54) is 5.56 Å². The van der Waals surface area contributed by atoms with Crippen LogP contribution in [0.1, 0.15) is 30.9 Å². The van der Waals surface area contributed by atoms with Crippen LogP contribution in [0.2, 0.25) is 5.28 Å². The van der Waals surface area contributed by atoms with Gasteiger partial charge in [-0.15, -0.1) is 10.2 Å². The summed E-state index contributed by atoms with van der Waals surface area (Å²) in [7, 11) is 0. The predicted octanol–water partition coefficient (Wildman–Crippen LogP) is 2.50. The monoisotopic (exact) mass is 250 g/mol. The van der Waals surface area contributed by atoms with Crippen molar-refractivity contribution in [3.8, 4) is 0 Å². The fourth-order valence-corrected chi connectivity index (χ4v) is 2.01. The van der Waals surface area contributed by atoms with Gasteiger partial charge in [0.1, 0.15) is 5.82 Å². The van der Waals surface area contributed by atoms with Crippen molar-refractivity contribution in [3.63, 3.8) is 0 Å². The van der Waals surface area contributed by atoms with Gasteiger partial charge in [-0.1, -0.05) is 19.9 Å². The number of rotatable bonds is 4. The van der Waals surface area contributed by atoms with Crippen molar-refractivity contribution < 1.29 is 0 Å². The first-order valence-corrected chi connectivity index (χ1v) is 6.14. The van der Waals surface area contributed by atoms with E-state index in [1.54, 1.807) is 6.20 Å². The van der Waals surface area contributed by atoms with Crippen LogP contribution in [0.5, 0.6) is 0 Å². The molecule has 2 rings (SSSR count).